The van der Waals surface area contributed by atoms with Gasteiger partial charge in [0.2, 0.25) is 5.91 Å². The Balaban J connectivity index is 1.78. The summed E-state index contributed by atoms with van der Waals surface area (Å²) in [6.45, 7) is 9.57. The lowest BCUT2D eigenvalue weighted by Gasteiger charge is -2.32. The normalized spacial score (nSPS) is 17.1. The molecule has 0 radical (unpaired) electrons. The number of nitrogens with zero attached hydrogens (tertiary/aromatic N) is 1. The summed E-state index contributed by atoms with van der Waals surface area (Å²) in [6.07, 6.45) is 3.66. The first-order chi connectivity index (χ1) is 12.0. The summed E-state index contributed by atoms with van der Waals surface area (Å²) < 4.78 is 5.81. The number of rotatable bonds is 8. The standard InChI is InChI=1S/C21H34N2O2/c1-16(2)18-5-7-19(8-6-18)17(3)15-21(24)23-12-9-20(10-13-23)25-14-4-11-22/h5-8,16-17,20H,4,9-15,22H2,1-3H3. The second kappa shape index (κ2) is 9.93. The number of piperidine rings is 1. The lowest BCUT2D eigenvalue weighted by molar-refractivity contribution is -0.134. The smallest absolute Gasteiger partial charge is 0.223 e. The quantitative estimate of drug-likeness (QED) is 0.731. The van der Waals surface area contributed by atoms with E-state index in [4.69, 9.17) is 10.5 Å². The molecule has 140 valence electrons. The van der Waals surface area contributed by atoms with Crippen LogP contribution in [0, 0.1) is 0 Å². The predicted octanol–water partition coefficient (Wildman–Crippen LogP) is 3.66. The van der Waals surface area contributed by atoms with Crippen LogP contribution in [0.5, 0.6) is 0 Å². The first-order valence-electron chi connectivity index (χ1n) is 9.70. The predicted molar refractivity (Wildman–Crippen MR) is 103 cm³/mol. The Morgan fingerprint density at radius 2 is 1.76 bits per heavy atom. The molecule has 1 atom stereocenters. The zero-order valence-electron chi connectivity index (χ0n) is 16.0. The first kappa shape index (κ1) is 19.9. The van der Waals surface area contributed by atoms with Crippen molar-refractivity contribution in [3.05, 3.63) is 35.4 Å². The molecule has 1 amide bonds. The Bertz CT molecular complexity index is 519. The molecule has 1 aromatic carbocycles. The van der Waals surface area contributed by atoms with Gasteiger partial charge < -0.3 is 15.4 Å². The van der Waals surface area contributed by atoms with Crippen molar-refractivity contribution in [1.82, 2.24) is 4.90 Å². The van der Waals surface area contributed by atoms with E-state index < -0.39 is 0 Å². The summed E-state index contributed by atoms with van der Waals surface area (Å²) >= 11 is 0. The molecule has 4 nitrogen and oxygen atoms in total. The molecule has 0 saturated carbocycles. The highest BCUT2D eigenvalue weighted by Crippen LogP contribution is 2.24. The van der Waals surface area contributed by atoms with E-state index in [1.165, 1.54) is 11.1 Å². The second-order valence-corrected chi connectivity index (χ2v) is 7.52. The van der Waals surface area contributed by atoms with Crippen molar-refractivity contribution in [3.8, 4) is 0 Å². The van der Waals surface area contributed by atoms with Gasteiger partial charge in [0.05, 0.1) is 6.10 Å². The molecule has 0 aromatic heterocycles. The number of benzene rings is 1. The molecule has 4 heteroatoms. The SMILES string of the molecule is CC(C)c1ccc(C(C)CC(=O)N2CCC(OCCCN)CC2)cc1. The number of carbonyl (C=O) groups is 1. The maximum atomic E-state index is 12.6. The summed E-state index contributed by atoms with van der Waals surface area (Å²) in [5, 5.41) is 0. The van der Waals surface area contributed by atoms with E-state index in [0.29, 0.717) is 18.9 Å². The van der Waals surface area contributed by atoms with Gasteiger partial charge in [0, 0.05) is 26.1 Å². The molecule has 1 heterocycles. The van der Waals surface area contributed by atoms with Crippen molar-refractivity contribution in [2.45, 2.75) is 64.4 Å². The topological polar surface area (TPSA) is 55.6 Å². The van der Waals surface area contributed by atoms with Crippen LogP contribution < -0.4 is 5.73 Å². The Kier molecular flexibility index (Phi) is 7.91. The van der Waals surface area contributed by atoms with Gasteiger partial charge in [-0.3, -0.25) is 4.79 Å². The molecule has 1 unspecified atom stereocenters. The Hall–Kier alpha value is -1.39. The Labute approximate surface area is 152 Å². The minimum Gasteiger partial charge on any atom is -0.378 e. The van der Waals surface area contributed by atoms with Crippen molar-refractivity contribution in [1.29, 1.82) is 0 Å². The van der Waals surface area contributed by atoms with Gasteiger partial charge in [-0.25, -0.2) is 0 Å². The highest BCUT2D eigenvalue weighted by Gasteiger charge is 2.24. The number of ether oxygens (including phenoxy) is 1. The van der Waals surface area contributed by atoms with Gasteiger partial charge in [-0.2, -0.15) is 0 Å². The highest BCUT2D eigenvalue weighted by molar-refractivity contribution is 5.77. The van der Waals surface area contributed by atoms with E-state index in [1.54, 1.807) is 0 Å². The van der Waals surface area contributed by atoms with Gasteiger partial charge in [-0.05, 0) is 48.8 Å². The molecule has 0 bridgehead atoms. The van der Waals surface area contributed by atoms with E-state index >= 15 is 0 Å². The average molecular weight is 347 g/mol. The first-order valence-corrected chi connectivity index (χ1v) is 9.70. The Morgan fingerprint density at radius 1 is 1.16 bits per heavy atom. The maximum absolute atomic E-state index is 12.6. The third-order valence-electron chi connectivity index (χ3n) is 5.15. The minimum absolute atomic E-state index is 0.257. The van der Waals surface area contributed by atoms with Crippen molar-refractivity contribution in [2.75, 3.05) is 26.2 Å². The van der Waals surface area contributed by atoms with Gasteiger partial charge in [0.15, 0.2) is 0 Å². The van der Waals surface area contributed by atoms with Crippen LogP contribution in [-0.2, 0) is 9.53 Å². The van der Waals surface area contributed by atoms with Crippen LogP contribution >= 0.6 is 0 Å². The lowest BCUT2D eigenvalue weighted by Crippen LogP contribution is -2.41. The molecule has 1 aliphatic heterocycles. The van der Waals surface area contributed by atoms with Gasteiger partial charge in [-0.1, -0.05) is 45.0 Å². The van der Waals surface area contributed by atoms with E-state index in [9.17, 15) is 4.79 Å². The van der Waals surface area contributed by atoms with Crippen LogP contribution in [-0.4, -0.2) is 43.2 Å². The van der Waals surface area contributed by atoms with Crippen LogP contribution in [0.2, 0.25) is 0 Å². The summed E-state index contributed by atoms with van der Waals surface area (Å²) in [7, 11) is 0. The average Bonchev–Trinajstić information content (AvgIpc) is 2.62. The number of carbonyl (C=O) groups excluding carboxylic acids is 1. The van der Waals surface area contributed by atoms with E-state index in [2.05, 4.69) is 45.0 Å². The number of amides is 1. The van der Waals surface area contributed by atoms with E-state index in [1.807, 2.05) is 4.90 Å². The van der Waals surface area contributed by atoms with Gasteiger partial charge in [-0.15, -0.1) is 0 Å². The maximum Gasteiger partial charge on any atom is 0.223 e. The lowest BCUT2D eigenvalue weighted by atomic mass is 9.93. The third kappa shape index (κ3) is 6.12. The molecule has 1 saturated heterocycles. The fourth-order valence-electron chi connectivity index (χ4n) is 3.32. The van der Waals surface area contributed by atoms with E-state index in [0.717, 1.165) is 39.0 Å². The molecule has 1 fully saturated rings. The minimum atomic E-state index is 0.257. The molecule has 25 heavy (non-hydrogen) atoms. The molecule has 0 aliphatic carbocycles. The van der Waals surface area contributed by atoms with Crippen molar-refractivity contribution in [2.24, 2.45) is 5.73 Å². The van der Waals surface area contributed by atoms with Crippen LogP contribution in [0.25, 0.3) is 0 Å². The largest absolute Gasteiger partial charge is 0.378 e. The zero-order valence-corrected chi connectivity index (χ0v) is 16.0. The summed E-state index contributed by atoms with van der Waals surface area (Å²) in [5.41, 5.74) is 8.08. The van der Waals surface area contributed by atoms with Crippen LogP contribution in [0.3, 0.4) is 0 Å². The zero-order chi connectivity index (χ0) is 18.2. The van der Waals surface area contributed by atoms with Gasteiger partial charge >= 0.3 is 0 Å². The second-order valence-electron chi connectivity index (χ2n) is 7.52. The van der Waals surface area contributed by atoms with Gasteiger partial charge in [0.1, 0.15) is 0 Å². The summed E-state index contributed by atoms with van der Waals surface area (Å²) in [4.78, 5) is 14.6. The number of hydrogen-bond acceptors (Lipinski definition) is 3. The van der Waals surface area contributed by atoms with Crippen molar-refractivity contribution in [3.63, 3.8) is 0 Å². The Morgan fingerprint density at radius 3 is 2.32 bits per heavy atom. The van der Waals surface area contributed by atoms with Crippen molar-refractivity contribution < 1.29 is 9.53 Å². The molecular weight excluding hydrogens is 312 g/mol. The number of likely N-dealkylation sites (tertiary alicyclic amines) is 1. The van der Waals surface area contributed by atoms with Crippen LogP contribution in [0.1, 0.15) is 69.4 Å². The molecule has 1 aromatic rings. The fraction of sp³-hybridized carbons (Fsp3) is 0.667. The summed E-state index contributed by atoms with van der Waals surface area (Å²) in [6, 6.07) is 8.71. The van der Waals surface area contributed by atoms with Crippen LogP contribution in [0.4, 0.5) is 0 Å². The number of nitrogens with two attached hydrogens (primary N) is 1. The number of hydrogen-bond donors (Lipinski definition) is 1. The highest BCUT2D eigenvalue weighted by atomic mass is 16.5. The van der Waals surface area contributed by atoms with E-state index in [-0.39, 0.29) is 17.9 Å². The summed E-state index contributed by atoms with van der Waals surface area (Å²) in [5.74, 6) is 1.06. The monoisotopic (exact) mass is 346 g/mol. The molecule has 1 aliphatic rings. The molecule has 2 N–H and O–H groups in total. The molecule has 0 spiro atoms. The van der Waals surface area contributed by atoms with Crippen LogP contribution in [0.15, 0.2) is 24.3 Å². The molecule has 2 rings (SSSR count). The fourth-order valence-corrected chi connectivity index (χ4v) is 3.32. The van der Waals surface area contributed by atoms with Crippen molar-refractivity contribution >= 4 is 5.91 Å². The van der Waals surface area contributed by atoms with Gasteiger partial charge in [0.25, 0.3) is 0 Å². The third-order valence-corrected chi connectivity index (χ3v) is 5.15. The molecular formula is C21H34N2O2.